The summed E-state index contributed by atoms with van der Waals surface area (Å²) in [6.45, 7) is 2.13. The van der Waals surface area contributed by atoms with Crippen LogP contribution in [0.15, 0.2) is 59.6 Å². The van der Waals surface area contributed by atoms with Crippen molar-refractivity contribution in [3.63, 3.8) is 0 Å². The number of hydrogen-bond acceptors (Lipinski definition) is 3. The number of piperidine rings is 1. The topological polar surface area (TPSA) is 73.8 Å². The third-order valence-corrected chi connectivity index (χ3v) is 9.85. The second kappa shape index (κ2) is 9.40. The molecule has 2 aromatic rings. The summed E-state index contributed by atoms with van der Waals surface area (Å²) in [6, 6.07) is 16.5. The molecular weight excluding hydrogens is 472 g/mol. The van der Waals surface area contributed by atoms with Crippen molar-refractivity contribution in [1.29, 1.82) is 0 Å². The molecule has 2 N–H and O–H groups in total. The quantitative estimate of drug-likeness (QED) is 0.627. The third kappa shape index (κ3) is 4.14. The predicted octanol–water partition coefficient (Wildman–Crippen LogP) is 4.42. The van der Waals surface area contributed by atoms with Crippen LogP contribution in [0.2, 0.25) is 0 Å². The molecule has 0 aromatic heterocycles. The van der Waals surface area contributed by atoms with Crippen molar-refractivity contribution < 1.29 is 9.59 Å². The fourth-order valence-electron chi connectivity index (χ4n) is 7.49. The Morgan fingerprint density at radius 3 is 2.55 bits per heavy atom. The number of amides is 3. The number of fused-ring (bicyclic) bond motifs is 5. The lowest BCUT2D eigenvalue weighted by Gasteiger charge is -2.41. The van der Waals surface area contributed by atoms with Gasteiger partial charge in [-0.15, -0.1) is 0 Å². The van der Waals surface area contributed by atoms with Gasteiger partial charge in [0.15, 0.2) is 0 Å². The van der Waals surface area contributed by atoms with Gasteiger partial charge in [0.2, 0.25) is 5.91 Å². The molecule has 3 heterocycles. The van der Waals surface area contributed by atoms with E-state index in [1.807, 2.05) is 4.90 Å². The molecule has 2 atom stereocenters. The van der Waals surface area contributed by atoms with E-state index < -0.39 is 6.04 Å². The number of benzene rings is 2. The molecule has 38 heavy (non-hydrogen) atoms. The van der Waals surface area contributed by atoms with Crippen LogP contribution in [-0.4, -0.2) is 54.3 Å². The molecule has 3 aliphatic carbocycles. The summed E-state index contributed by atoms with van der Waals surface area (Å²) in [6.07, 6.45) is 9.90. The fraction of sp³-hybridized carbons (Fsp3) is 0.469. The van der Waals surface area contributed by atoms with E-state index in [1.54, 1.807) is 0 Å². The van der Waals surface area contributed by atoms with Crippen molar-refractivity contribution in [2.24, 2.45) is 10.9 Å². The van der Waals surface area contributed by atoms with Gasteiger partial charge >= 0.3 is 6.03 Å². The minimum Gasteiger partial charge on any atom is -0.341 e. The number of nitrogens with zero attached hydrogens (tertiary/aromatic N) is 2. The summed E-state index contributed by atoms with van der Waals surface area (Å²) >= 11 is 0. The maximum atomic E-state index is 14.0. The molecule has 2 aromatic carbocycles. The van der Waals surface area contributed by atoms with Gasteiger partial charge in [-0.2, -0.15) is 0 Å². The van der Waals surface area contributed by atoms with Gasteiger partial charge in [-0.25, -0.2) is 4.79 Å². The number of aryl methyl sites for hydroxylation is 1. The zero-order valence-corrected chi connectivity index (χ0v) is 21.9. The van der Waals surface area contributed by atoms with Gasteiger partial charge in [-0.05, 0) is 84.1 Å². The van der Waals surface area contributed by atoms with E-state index >= 15 is 0 Å². The Hall–Kier alpha value is -3.41. The Morgan fingerprint density at radius 2 is 1.76 bits per heavy atom. The number of hydrogen-bond donors (Lipinski definition) is 2. The molecule has 2 unspecified atom stereocenters. The number of allylic oxidation sites excluding steroid dienone is 1. The summed E-state index contributed by atoms with van der Waals surface area (Å²) in [7, 11) is 0. The summed E-state index contributed by atoms with van der Waals surface area (Å²) in [4.78, 5) is 33.7. The molecule has 8 rings (SSSR count). The summed E-state index contributed by atoms with van der Waals surface area (Å²) in [5.41, 5.74) is 8.09. The monoisotopic (exact) mass is 508 g/mol. The number of rotatable bonds is 5. The van der Waals surface area contributed by atoms with E-state index in [0.29, 0.717) is 18.9 Å². The Bertz CT molecular complexity index is 1330. The Balaban J connectivity index is 1.06. The van der Waals surface area contributed by atoms with E-state index in [-0.39, 0.29) is 23.4 Å². The summed E-state index contributed by atoms with van der Waals surface area (Å²) < 4.78 is 0. The highest BCUT2D eigenvalue weighted by molar-refractivity contribution is 5.92. The number of carbonyl (C=O) groups excluding carboxylic acids is 2. The van der Waals surface area contributed by atoms with E-state index in [4.69, 9.17) is 0 Å². The van der Waals surface area contributed by atoms with E-state index in [0.717, 1.165) is 57.2 Å². The van der Waals surface area contributed by atoms with Gasteiger partial charge in [0.05, 0.1) is 12.6 Å². The van der Waals surface area contributed by atoms with Crippen LogP contribution in [0.3, 0.4) is 0 Å². The first-order valence-corrected chi connectivity index (χ1v) is 14.3. The lowest BCUT2D eigenvalue weighted by atomic mass is 9.73. The Morgan fingerprint density at radius 1 is 1.00 bits per heavy atom. The molecule has 2 fully saturated rings. The van der Waals surface area contributed by atoms with Crippen molar-refractivity contribution in [3.05, 3.63) is 76.9 Å². The maximum Gasteiger partial charge on any atom is 0.315 e. The second-order valence-electron chi connectivity index (χ2n) is 11.9. The average Bonchev–Trinajstić information content (AvgIpc) is 3.50. The highest BCUT2D eigenvalue weighted by atomic mass is 16.2. The Labute approximate surface area is 224 Å². The number of carbonyl (C=O) groups is 2. The minimum atomic E-state index is -0.582. The number of nitrogens with one attached hydrogen (secondary N) is 2. The number of aliphatic imine (C=N–C) groups is 1. The van der Waals surface area contributed by atoms with Crippen molar-refractivity contribution in [2.75, 3.05) is 19.6 Å². The van der Waals surface area contributed by atoms with Gasteiger partial charge in [-0.3, -0.25) is 9.79 Å². The fourth-order valence-corrected chi connectivity index (χ4v) is 7.49. The zero-order chi connectivity index (χ0) is 25.7. The van der Waals surface area contributed by atoms with Crippen LogP contribution in [0, 0.1) is 5.92 Å². The van der Waals surface area contributed by atoms with Gasteiger partial charge < -0.3 is 15.5 Å². The summed E-state index contributed by atoms with van der Waals surface area (Å²) in [5.74, 6) is 0.526. The van der Waals surface area contributed by atoms with E-state index in [9.17, 15) is 9.59 Å². The van der Waals surface area contributed by atoms with Crippen molar-refractivity contribution in [1.82, 2.24) is 15.5 Å². The number of likely N-dealkylation sites (tertiary alicyclic amines) is 1. The third-order valence-electron chi connectivity index (χ3n) is 9.85. The molecule has 196 valence electrons. The Kier molecular flexibility index (Phi) is 5.86. The van der Waals surface area contributed by atoms with Crippen molar-refractivity contribution in [2.45, 2.75) is 68.9 Å². The van der Waals surface area contributed by atoms with Crippen molar-refractivity contribution in [3.8, 4) is 0 Å². The van der Waals surface area contributed by atoms with Gasteiger partial charge in [0.1, 0.15) is 6.04 Å². The van der Waals surface area contributed by atoms with Gasteiger partial charge in [-0.1, -0.05) is 54.6 Å². The largest absolute Gasteiger partial charge is 0.341 e. The standard InChI is InChI=1S/C32H36N4O2/c37-30(36-15-13-32(14-16-36)12-11-22-6-2-4-8-27(22)32)28(19-23-10-9-21-5-1-3-7-26(21)23)34-31(38)35-29-20-33-25-17-24(29)18-25/h1-8,10,24,28-29H,9,11-20H2,(H2,34,35,38). The molecule has 3 amide bonds. The minimum absolute atomic E-state index is 0.0409. The average molecular weight is 509 g/mol. The van der Waals surface area contributed by atoms with E-state index in [2.05, 4.69) is 70.2 Å². The highest BCUT2D eigenvalue weighted by Gasteiger charge is 2.43. The lowest BCUT2D eigenvalue weighted by molar-refractivity contribution is -0.134. The maximum absolute atomic E-state index is 14.0. The molecule has 2 bridgehead atoms. The van der Waals surface area contributed by atoms with Gasteiger partial charge in [0.25, 0.3) is 0 Å². The molecule has 6 aliphatic rings. The molecule has 1 spiro atoms. The van der Waals surface area contributed by atoms with Crippen molar-refractivity contribution >= 4 is 23.2 Å². The van der Waals surface area contributed by atoms with Crippen LogP contribution in [0.25, 0.3) is 5.57 Å². The molecule has 3 aliphatic heterocycles. The first-order valence-electron chi connectivity index (χ1n) is 14.3. The SMILES string of the molecule is O=C(NC(CC1=CCc2ccccc21)C(=O)N1CCC2(CCc3ccccc32)CC1)NC1CN=C2CC1C2. The van der Waals surface area contributed by atoms with Crippen LogP contribution in [0.5, 0.6) is 0 Å². The predicted molar refractivity (Wildman–Crippen MR) is 149 cm³/mol. The highest BCUT2D eigenvalue weighted by Crippen LogP contribution is 2.46. The molecule has 1 saturated carbocycles. The van der Waals surface area contributed by atoms with E-state index in [1.165, 1.54) is 34.4 Å². The number of urea groups is 1. The molecule has 6 heteroatoms. The molecular formula is C32H36N4O2. The van der Waals surface area contributed by atoms with Crippen LogP contribution >= 0.6 is 0 Å². The van der Waals surface area contributed by atoms with Crippen LogP contribution in [-0.2, 0) is 23.1 Å². The van der Waals surface area contributed by atoms with Gasteiger partial charge in [0, 0.05) is 25.2 Å². The van der Waals surface area contributed by atoms with Crippen LogP contribution < -0.4 is 10.6 Å². The smallest absolute Gasteiger partial charge is 0.315 e. The van der Waals surface area contributed by atoms with Crippen LogP contribution in [0.4, 0.5) is 4.79 Å². The first kappa shape index (κ1) is 23.7. The second-order valence-corrected chi connectivity index (χ2v) is 11.9. The lowest BCUT2D eigenvalue weighted by Crippen LogP contribution is -2.58. The van der Waals surface area contributed by atoms with Crippen LogP contribution in [0.1, 0.15) is 60.8 Å². The summed E-state index contributed by atoms with van der Waals surface area (Å²) in [5, 5.41) is 6.25. The normalized spacial score (nSPS) is 25.0. The molecule has 6 nitrogen and oxygen atoms in total. The molecule has 1 saturated heterocycles. The first-order chi connectivity index (χ1) is 18.6. The molecule has 0 radical (unpaired) electrons. The zero-order valence-electron chi connectivity index (χ0n) is 21.9.